The van der Waals surface area contributed by atoms with Crippen molar-refractivity contribution >= 4 is 38.4 Å². The zero-order valence-electron chi connectivity index (χ0n) is 21.2. The van der Waals surface area contributed by atoms with Crippen molar-refractivity contribution in [2.24, 2.45) is 0 Å². The summed E-state index contributed by atoms with van der Waals surface area (Å²) in [5, 5.41) is 3.97. The Morgan fingerprint density at radius 2 is 1.87 bits per heavy atom. The molecule has 1 aliphatic carbocycles. The van der Waals surface area contributed by atoms with E-state index in [2.05, 4.69) is 29.9 Å². The summed E-state index contributed by atoms with van der Waals surface area (Å²) in [5.74, 6) is 1.12. The Morgan fingerprint density at radius 3 is 2.58 bits per heavy atom. The molecule has 4 heterocycles. The third-order valence-corrected chi connectivity index (χ3v) is 7.98. The quantitative estimate of drug-likeness (QED) is 0.413. The molecule has 38 heavy (non-hydrogen) atoms. The molecule has 1 aliphatic heterocycles. The summed E-state index contributed by atoms with van der Waals surface area (Å²) >= 11 is 0. The number of nitrogens with zero attached hydrogens (tertiary/aromatic N) is 5. The lowest BCUT2D eigenvalue weighted by atomic mass is 9.93. The van der Waals surface area contributed by atoms with Crippen molar-refractivity contribution in [3.8, 4) is 5.88 Å². The summed E-state index contributed by atoms with van der Waals surface area (Å²) in [5.41, 5.74) is 0.870. The van der Waals surface area contributed by atoms with E-state index < -0.39 is 21.9 Å². The molecule has 0 spiro atoms. The van der Waals surface area contributed by atoms with E-state index >= 15 is 0 Å². The summed E-state index contributed by atoms with van der Waals surface area (Å²) in [6.45, 7) is 3.83. The highest BCUT2D eigenvalue weighted by Gasteiger charge is 2.25. The molecule has 5 rings (SSSR count). The first-order valence-electron chi connectivity index (χ1n) is 12.8. The number of alkyl halides is 1. The first kappa shape index (κ1) is 26.3. The second-order valence-corrected chi connectivity index (χ2v) is 11.4. The van der Waals surface area contributed by atoms with Gasteiger partial charge >= 0.3 is 0 Å². The smallest absolute Gasteiger partial charge is 0.235 e. The number of hydrogen-bond donors (Lipinski definition) is 2. The SMILES string of the molecule is CC(F)CS(=O)(=O)Nc1cnc2cc(N3CCOCC3)nc(O[C@H]3CC[C@@H](Nc4ncccn4)CC3)c2c1. The molecule has 1 saturated heterocycles. The van der Waals surface area contributed by atoms with Crippen molar-refractivity contribution in [3.05, 3.63) is 36.8 Å². The van der Waals surface area contributed by atoms with Crippen LogP contribution in [0.15, 0.2) is 36.8 Å². The molecule has 3 aromatic heterocycles. The third kappa shape index (κ3) is 6.76. The average Bonchev–Trinajstić information content (AvgIpc) is 2.90. The number of halogens is 1. The predicted octanol–water partition coefficient (Wildman–Crippen LogP) is 3.16. The molecule has 2 fully saturated rings. The van der Waals surface area contributed by atoms with Gasteiger partial charge in [-0.05, 0) is 44.7 Å². The fourth-order valence-electron chi connectivity index (χ4n) is 4.74. The minimum absolute atomic E-state index is 0.0619. The Kier molecular flexibility index (Phi) is 8.03. The van der Waals surface area contributed by atoms with Crippen LogP contribution in [0.5, 0.6) is 5.88 Å². The summed E-state index contributed by atoms with van der Waals surface area (Å²) in [6, 6.07) is 5.55. The van der Waals surface area contributed by atoms with Crippen molar-refractivity contribution in [2.45, 2.75) is 50.9 Å². The molecule has 1 saturated carbocycles. The van der Waals surface area contributed by atoms with Crippen LogP contribution in [-0.2, 0) is 14.8 Å². The van der Waals surface area contributed by atoms with Crippen molar-refractivity contribution in [1.29, 1.82) is 0 Å². The standard InChI is InChI=1S/C25H32FN7O4S/c1-17(26)16-38(34,35)32-19-13-21-22(29-15-19)14-23(33-9-11-36-12-10-33)31-24(21)37-20-5-3-18(4-6-20)30-25-27-7-2-8-28-25/h2,7-8,13-15,17-18,20,32H,3-6,9-12,16H2,1H3,(H,27,28,30)/t17?,18-,20+. The van der Waals surface area contributed by atoms with Gasteiger partial charge in [0.05, 0.1) is 36.0 Å². The molecule has 0 bridgehead atoms. The van der Waals surface area contributed by atoms with Gasteiger partial charge in [0.15, 0.2) is 0 Å². The van der Waals surface area contributed by atoms with Gasteiger partial charge in [0.2, 0.25) is 21.9 Å². The zero-order chi connectivity index (χ0) is 26.5. The molecule has 1 atom stereocenters. The number of hydrogen-bond acceptors (Lipinski definition) is 10. The highest BCUT2D eigenvalue weighted by atomic mass is 32.2. The minimum Gasteiger partial charge on any atom is -0.474 e. The van der Waals surface area contributed by atoms with E-state index in [-0.39, 0.29) is 17.8 Å². The molecule has 11 nitrogen and oxygen atoms in total. The summed E-state index contributed by atoms with van der Waals surface area (Å²) in [7, 11) is -3.87. The predicted molar refractivity (Wildman–Crippen MR) is 143 cm³/mol. The van der Waals surface area contributed by atoms with E-state index in [9.17, 15) is 12.8 Å². The minimum atomic E-state index is -3.87. The van der Waals surface area contributed by atoms with Crippen LogP contribution in [-0.4, -0.2) is 78.7 Å². The maximum Gasteiger partial charge on any atom is 0.235 e. The lowest BCUT2D eigenvalue weighted by Gasteiger charge is -2.31. The van der Waals surface area contributed by atoms with E-state index in [1.54, 1.807) is 24.5 Å². The maximum atomic E-state index is 13.4. The number of morpholine rings is 1. The normalized spacial score (nSPS) is 21.2. The van der Waals surface area contributed by atoms with Crippen LogP contribution >= 0.6 is 0 Å². The topological polar surface area (TPSA) is 131 Å². The highest BCUT2D eigenvalue weighted by molar-refractivity contribution is 7.92. The summed E-state index contributed by atoms with van der Waals surface area (Å²) in [6.07, 6.45) is 6.68. The van der Waals surface area contributed by atoms with E-state index in [1.165, 1.54) is 13.1 Å². The van der Waals surface area contributed by atoms with Crippen molar-refractivity contribution in [2.75, 3.05) is 47.0 Å². The van der Waals surface area contributed by atoms with Crippen LogP contribution in [0.4, 0.5) is 21.8 Å². The average molecular weight is 546 g/mol. The number of pyridine rings is 2. The van der Waals surface area contributed by atoms with Gasteiger partial charge in [-0.25, -0.2) is 22.8 Å². The number of nitrogens with one attached hydrogen (secondary N) is 2. The van der Waals surface area contributed by atoms with Crippen LogP contribution in [0, 0.1) is 0 Å². The first-order valence-corrected chi connectivity index (χ1v) is 14.5. The monoisotopic (exact) mass is 545 g/mol. The second-order valence-electron chi connectivity index (χ2n) is 9.65. The largest absolute Gasteiger partial charge is 0.474 e. The molecule has 2 aliphatic rings. The summed E-state index contributed by atoms with van der Waals surface area (Å²) < 4.78 is 52.3. The number of sulfonamides is 1. The Hall–Kier alpha value is -3.32. The van der Waals surface area contributed by atoms with Crippen LogP contribution in [0.2, 0.25) is 0 Å². The van der Waals surface area contributed by atoms with E-state index in [0.717, 1.165) is 31.5 Å². The maximum absolute atomic E-state index is 13.4. The van der Waals surface area contributed by atoms with Crippen molar-refractivity contribution in [1.82, 2.24) is 19.9 Å². The molecule has 204 valence electrons. The molecule has 0 aromatic carbocycles. The van der Waals surface area contributed by atoms with Crippen LogP contribution in [0.3, 0.4) is 0 Å². The highest BCUT2D eigenvalue weighted by Crippen LogP contribution is 2.33. The molecule has 3 aromatic rings. The fourth-order valence-corrected chi connectivity index (χ4v) is 5.90. The molecule has 0 amide bonds. The van der Waals surface area contributed by atoms with Gasteiger partial charge in [-0.15, -0.1) is 0 Å². The van der Waals surface area contributed by atoms with E-state index in [4.69, 9.17) is 14.5 Å². The number of ether oxygens (including phenoxy) is 2. The van der Waals surface area contributed by atoms with Crippen molar-refractivity contribution < 1.29 is 22.3 Å². The molecule has 2 N–H and O–H groups in total. The Labute approximate surface area is 221 Å². The molecule has 0 radical (unpaired) electrons. The Morgan fingerprint density at radius 1 is 1.13 bits per heavy atom. The van der Waals surface area contributed by atoms with E-state index in [1.807, 2.05) is 6.07 Å². The lowest BCUT2D eigenvalue weighted by Crippen LogP contribution is -2.37. The first-order chi connectivity index (χ1) is 18.3. The van der Waals surface area contributed by atoms with Gasteiger partial charge in [-0.3, -0.25) is 9.71 Å². The third-order valence-electron chi connectivity index (χ3n) is 6.54. The Bertz CT molecular complexity index is 1330. The van der Waals surface area contributed by atoms with Gasteiger partial charge in [-0.2, -0.15) is 4.98 Å². The van der Waals surface area contributed by atoms with Crippen LogP contribution < -0.4 is 19.7 Å². The number of anilines is 3. The van der Waals surface area contributed by atoms with Gasteiger partial charge in [0, 0.05) is 37.6 Å². The molecular weight excluding hydrogens is 513 g/mol. The zero-order valence-corrected chi connectivity index (χ0v) is 22.0. The van der Waals surface area contributed by atoms with Gasteiger partial charge in [-0.1, -0.05) is 0 Å². The van der Waals surface area contributed by atoms with Gasteiger partial charge < -0.3 is 19.7 Å². The number of rotatable bonds is 9. The number of aromatic nitrogens is 4. The van der Waals surface area contributed by atoms with Gasteiger partial charge in [0.1, 0.15) is 23.8 Å². The van der Waals surface area contributed by atoms with Crippen molar-refractivity contribution in [3.63, 3.8) is 0 Å². The number of fused-ring (bicyclic) bond motifs is 1. The fraction of sp³-hybridized carbons (Fsp3) is 0.520. The molecular formula is C25H32FN7O4S. The Balaban J connectivity index is 1.37. The molecule has 1 unspecified atom stereocenters. The lowest BCUT2D eigenvalue weighted by molar-refractivity contribution is 0.122. The summed E-state index contributed by atoms with van der Waals surface area (Å²) in [4.78, 5) is 19.9. The molecule has 13 heteroatoms. The van der Waals surface area contributed by atoms with Crippen LogP contribution in [0.25, 0.3) is 10.9 Å². The van der Waals surface area contributed by atoms with Gasteiger partial charge in [0.25, 0.3) is 0 Å². The van der Waals surface area contributed by atoms with E-state index in [0.29, 0.717) is 49.0 Å². The second kappa shape index (κ2) is 11.6. The van der Waals surface area contributed by atoms with Crippen LogP contribution in [0.1, 0.15) is 32.6 Å².